The molecule has 0 N–H and O–H groups in total. The Hall–Kier alpha value is -2.62. The highest BCUT2D eigenvalue weighted by molar-refractivity contribution is 5.92. The van der Waals surface area contributed by atoms with Gasteiger partial charge in [-0.1, -0.05) is 42.0 Å². The lowest BCUT2D eigenvalue weighted by Crippen LogP contribution is -2.48. The van der Waals surface area contributed by atoms with E-state index in [1.165, 1.54) is 11.6 Å². The van der Waals surface area contributed by atoms with Crippen LogP contribution in [0.3, 0.4) is 0 Å². The second-order valence-electron chi connectivity index (χ2n) is 6.01. The van der Waals surface area contributed by atoms with Gasteiger partial charge in [0, 0.05) is 32.3 Å². The van der Waals surface area contributed by atoms with E-state index in [4.69, 9.17) is 0 Å². The number of para-hydroxylation sites is 1. The molecule has 1 heterocycles. The van der Waals surface area contributed by atoms with Crippen molar-refractivity contribution >= 4 is 17.7 Å². The predicted octanol–water partition coefficient (Wildman–Crippen LogP) is 3.50. The minimum atomic E-state index is -0.212. The van der Waals surface area contributed by atoms with Crippen molar-refractivity contribution in [2.24, 2.45) is 0 Å². The molecule has 0 radical (unpaired) electrons. The van der Waals surface area contributed by atoms with Gasteiger partial charge in [-0.25, -0.2) is 4.39 Å². The van der Waals surface area contributed by atoms with Gasteiger partial charge in [0.05, 0.1) is 5.69 Å². The van der Waals surface area contributed by atoms with Crippen molar-refractivity contribution in [1.29, 1.82) is 0 Å². The molecule has 0 atom stereocenters. The quantitative estimate of drug-likeness (QED) is 0.807. The Bertz CT molecular complexity index is 732. The number of amides is 1. The van der Waals surface area contributed by atoms with Crippen LogP contribution in [-0.2, 0) is 4.79 Å². The summed E-state index contributed by atoms with van der Waals surface area (Å²) < 4.78 is 13.8. The molecule has 0 aromatic heterocycles. The maximum atomic E-state index is 13.8. The van der Waals surface area contributed by atoms with Gasteiger partial charge in [-0.2, -0.15) is 0 Å². The fraction of sp³-hybridized carbons (Fsp3) is 0.250. The summed E-state index contributed by atoms with van der Waals surface area (Å²) in [7, 11) is 0. The Morgan fingerprint density at radius 3 is 2.33 bits per heavy atom. The molecule has 24 heavy (non-hydrogen) atoms. The molecule has 0 aliphatic carbocycles. The highest BCUT2D eigenvalue weighted by Crippen LogP contribution is 2.20. The highest BCUT2D eigenvalue weighted by Gasteiger charge is 2.21. The van der Waals surface area contributed by atoms with E-state index in [0.29, 0.717) is 31.9 Å². The van der Waals surface area contributed by atoms with Crippen LogP contribution in [0.15, 0.2) is 54.6 Å². The molecule has 0 spiro atoms. The topological polar surface area (TPSA) is 23.6 Å². The molecule has 1 amide bonds. The van der Waals surface area contributed by atoms with Crippen LogP contribution in [0.25, 0.3) is 6.08 Å². The van der Waals surface area contributed by atoms with Gasteiger partial charge in [0.2, 0.25) is 5.91 Å². The monoisotopic (exact) mass is 324 g/mol. The number of halogens is 1. The zero-order valence-electron chi connectivity index (χ0n) is 13.8. The van der Waals surface area contributed by atoms with Crippen LogP contribution in [-0.4, -0.2) is 37.0 Å². The van der Waals surface area contributed by atoms with Crippen molar-refractivity contribution in [2.75, 3.05) is 31.1 Å². The van der Waals surface area contributed by atoms with E-state index < -0.39 is 0 Å². The van der Waals surface area contributed by atoms with Crippen molar-refractivity contribution in [3.8, 4) is 0 Å². The molecule has 3 nitrogen and oxygen atoms in total. The second-order valence-corrected chi connectivity index (χ2v) is 6.01. The average molecular weight is 324 g/mol. The molecule has 1 aliphatic rings. The first-order valence-electron chi connectivity index (χ1n) is 8.16. The lowest BCUT2D eigenvalue weighted by atomic mass is 10.1. The van der Waals surface area contributed by atoms with Crippen LogP contribution < -0.4 is 4.90 Å². The van der Waals surface area contributed by atoms with E-state index in [-0.39, 0.29) is 11.7 Å². The summed E-state index contributed by atoms with van der Waals surface area (Å²) in [5.74, 6) is -0.208. The number of carbonyl (C=O) groups excluding carboxylic acids is 1. The number of anilines is 1. The first kappa shape index (κ1) is 16.2. The molecule has 124 valence electrons. The number of piperazine rings is 1. The molecule has 1 aliphatic heterocycles. The van der Waals surface area contributed by atoms with Crippen LogP contribution >= 0.6 is 0 Å². The highest BCUT2D eigenvalue weighted by atomic mass is 19.1. The fourth-order valence-electron chi connectivity index (χ4n) is 2.83. The maximum Gasteiger partial charge on any atom is 0.246 e. The zero-order valence-corrected chi connectivity index (χ0v) is 13.8. The Morgan fingerprint density at radius 2 is 1.67 bits per heavy atom. The van der Waals surface area contributed by atoms with Crippen LogP contribution in [0.4, 0.5) is 10.1 Å². The predicted molar refractivity (Wildman–Crippen MR) is 95.4 cm³/mol. The van der Waals surface area contributed by atoms with Gasteiger partial charge in [-0.15, -0.1) is 0 Å². The van der Waals surface area contributed by atoms with Crippen LogP contribution in [0.1, 0.15) is 11.1 Å². The van der Waals surface area contributed by atoms with Crippen LogP contribution in [0.5, 0.6) is 0 Å². The number of rotatable bonds is 3. The van der Waals surface area contributed by atoms with Crippen molar-refractivity contribution in [1.82, 2.24) is 4.90 Å². The number of hydrogen-bond donors (Lipinski definition) is 0. The van der Waals surface area contributed by atoms with Gasteiger partial charge in [0.1, 0.15) is 5.82 Å². The van der Waals surface area contributed by atoms with Crippen molar-refractivity contribution < 1.29 is 9.18 Å². The summed E-state index contributed by atoms with van der Waals surface area (Å²) in [6, 6.07) is 14.8. The number of nitrogens with zero attached hydrogens (tertiary/aromatic N) is 2. The van der Waals surface area contributed by atoms with Gasteiger partial charge in [-0.05, 0) is 30.7 Å². The van der Waals surface area contributed by atoms with Crippen LogP contribution in [0, 0.1) is 12.7 Å². The summed E-state index contributed by atoms with van der Waals surface area (Å²) in [6.45, 7) is 4.53. The molecule has 0 saturated carbocycles. The second kappa shape index (κ2) is 7.30. The van der Waals surface area contributed by atoms with E-state index in [9.17, 15) is 9.18 Å². The lowest BCUT2D eigenvalue weighted by Gasteiger charge is -2.35. The Morgan fingerprint density at radius 1 is 1.00 bits per heavy atom. The zero-order chi connectivity index (χ0) is 16.9. The van der Waals surface area contributed by atoms with E-state index >= 15 is 0 Å². The van der Waals surface area contributed by atoms with Crippen molar-refractivity contribution in [3.63, 3.8) is 0 Å². The first-order chi connectivity index (χ1) is 11.6. The minimum absolute atomic E-state index is 0.00348. The number of benzene rings is 2. The van der Waals surface area contributed by atoms with Gasteiger partial charge in [0.25, 0.3) is 0 Å². The third-order valence-corrected chi connectivity index (χ3v) is 4.28. The van der Waals surface area contributed by atoms with E-state index in [1.54, 1.807) is 18.2 Å². The number of aryl methyl sites for hydroxylation is 1. The van der Waals surface area contributed by atoms with Crippen molar-refractivity contribution in [3.05, 3.63) is 71.6 Å². The molecule has 2 aromatic rings. The Kier molecular flexibility index (Phi) is 4.94. The lowest BCUT2D eigenvalue weighted by molar-refractivity contribution is -0.126. The van der Waals surface area contributed by atoms with Gasteiger partial charge in [0.15, 0.2) is 0 Å². The van der Waals surface area contributed by atoms with E-state index in [0.717, 1.165) is 5.56 Å². The third kappa shape index (κ3) is 3.82. The fourth-order valence-corrected chi connectivity index (χ4v) is 2.83. The number of carbonyl (C=O) groups is 1. The van der Waals surface area contributed by atoms with Gasteiger partial charge < -0.3 is 9.80 Å². The first-order valence-corrected chi connectivity index (χ1v) is 8.16. The molecule has 3 rings (SSSR count). The molecule has 0 bridgehead atoms. The smallest absolute Gasteiger partial charge is 0.246 e. The third-order valence-electron chi connectivity index (χ3n) is 4.28. The standard InChI is InChI=1S/C20H21FN2O/c1-16-6-8-17(9-7-16)10-11-20(24)23-14-12-22(13-15-23)19-5-3-2-4-18(19)21/h2-11H,12-15H2,1H3. The van der Waals surface area contributed by atoms with E-state index in [2.05, 4.69) is 0 Å². The number of hydrogen-bond acceptors (Lipinski definition) is 2. The summed E-state index contributed by atoms with van der Waals surface area (Å²) in [6.07, 6.45) is 3.45. The normalized spacial score (nSPS) is 15.1. The molecule has 4 heteroatoms. The molecule has 0 unspecified atom stereocenters. The Labute approximate surface area is 142 Å². The SMILES string of the molecule is Cc1ccc(C=CC(=O)N2CCN(c3ccccc3F)CC2)cc1. The van der Waals surface area contributed by atoms with E-state index in [1.807, 2.05) is 53.1 Å². The van der Waals surface area contributed by atoms with Gasteiger partial charge in [-0.3, -0.25) is 4.79 Å². The van der Waals surface area contributed by atoms with Crippen LogP contribution in [0.2, 0.25) is 0 Å². The molecule has 1 fully saturated rings. The average Bonchev–Trinajstić information content (AvgIpc) is 2.61. The summed E-state index contributed by atoms with van der Waals surface area (Å²) in [5, 5.41) is 0. The summed E-state index contributed by atoms with van der Waals surface area (Å²) in [4.78, 5) is 16.1. The molecule has 2 aromatic carbocycles. The largest absolute Gasteiger partial charge is 0.366 e. The Balaban J connectivity index is 1.57. The molecular weight excluding hydrogens is 303 g/mol. The minimum Gasteiger partial charge on any atom is -0.366 e. The summed E-state index contributed by atoms with van der Waals surface area (Å²) in [5.41, 5.74) is 2.82. The van der Waals surface area contributed by atoms with Crippen molar-refractivity contribution in [2.45, 2.75) is 6.92 Å². The maximum absolute atomic E-state index is 13.8. The van der Waals surface area contributed by atoms with Gasteiger partial charge >= 0.3 is 0 Å². The summed E-state index contributed by atoms with van der Waals surface area (Å²) >= 11 is 0. The molecule has 1 saturated heterocycles. The molecular formula is C20H21FN2O.